The average molecular weight is 404 g/mol. The van der Waals surface area contributed by atoms with Gasteiger partial charge in [-0.05, 0) is 18.1 Å². The molecule has 0 spiro atoms. The Balaban J connectivity index is 1.74. The Hall–Kier alpha value is -2.94. The van der Waals surface area contributed by atoms with Crippen molar-refractivity contribution in [3.8, 4) is 5.75 Å². The van der Waals surface area contributed by atoms with Crippen LogP contribution in [0.2, 0.25) is 0 Å². The molecular formula is C19H24N4O4S. The molecule has 0 saturated heterocycles. The van der Waals surface area contributed by atoms with Gasteiger partial charge in [0.05, 0.1) is 12.1 Å². The predicted octanol–water partition coefficient (Wildman–Crippen LogP) is 2.07. The van der Waals surface area contributed by atoms with Crippen molar-refractivity contribution in [1.29, 1.82) is 0 Å². The molecule has 0 saturated carbocycles. The topological polar surface area (TPSA) is 109 Å². The molecule has 1 heterocycles. The van der Waals surface area contributed by atoms with E-state index in [1.165, 1.54) is 11.3 Å². The summed E-state index contributed by atoms with van der Waals surface area (Å²) in [5.41, 5.74) is 6.14. The van der Waals surface area contributed by atoms with Gasteiger partial charge in [-0.3, -0.25) is 25.2 Å². The minimum atomic E-state index is -0.470. The van der Waals surface area contributed by atoms with Gasteiger partial charge in [-0.25, -0.2) is 4.98 Å². The summed E-state index contributed by atoms with van der Waals surface area (Å²) in [5.74, 6) is -0.540. The zero-order valence-electron chi connectivity index (χ0n) is 16.1. The number of hydrazine groups is 1. The summed E-state index contributed by atoms with van der Waals surface area (Å²) in [4.78, 5) is 39.6. The number of aryl methyl sites for hydroxylation is 1. The summed E-state index contributed by atoms with van der Waals surface area (Å²) in [6.07, 6.45) is 0.773. The van der Waals surface area contributed by atoms with Gasteiger partial charge in [0.1, 0.15) is 5.75 Å². The molecule has 2 aromatic rings. The van der Waals surface area contributed by atoms with Gasteiger partial charge in [-0.2, -0.15) is 0 Å². The van der Waals surface area contributed by atoms with E-state index in [0.717, 1.165) is 12.0 Å². The maximum Gasteiger partial charge on any atom is 0.276 e. The lowest BCUT2D eigenvalue weighted by atomic mass is 10.1. The summed E-state index contributed by atoms with van der Waals surface area (Å²) >= 11 is 1.24. The third-order valence-corrected chi connectivity index (χ3v) is 4.51. The quantitative estimate of drug-likeness (QED) is 0.584. The maximum absolute atomic E-state index is 11.9. The number of amides is 3. The van der Waals surface area contributed by atoms with Gasteiger partial charge in [0.25, 0.3) is 5.91 Å². The second-order valence-corrected chi connectivity index (χ2v) is 7.17. The van der Waals surface area contributed by atoms with Crippen LogP contribution in [0.3, 0.4) is 0 Å². The highest BCUT2D eigenvalue weighted by Gasteiger charge is 2.13. The largest absolute Gasteiger partial charge is 0.483 e. The second kappa shape index (κ2) is 10.4. The molecule has 9 heteroatoms. The van der Waals surface area contributed by atoms with E-state index in [-0.39, 0.29) is 24.9 Å². The molecule has 3 N–H and O–H groups in total. The fraction of sp³-hybridized carbons (Fsp3) is 0.368. The van der Waals surface area contributed by atoms with Crippen molar-refractivity contribution in [2.75, 3.05) is 11.9 Å². The number of nitrogens with one attached hydrogen (secondary N) is 3. The molecule has 0 radical (unpaired) electrons. The Labute approximate surface area is 167 Å². The lowest BCUT2D eigenvalue weighted by Gasteiger charge is -2.11. The maximum atomic E-state index is 11.9. The number of carbonyl (C=O) groups is 3. The van der Waals surface area contributed by atoms with Crippen LogP contribution in [0.15, 0.2) is 29.6 Å². The van der Waals surface area contributed by atoms with Crippen LogP contribution in [0, 0.1) is 5.92 Å². The van der Waals surface area contributed by atoms with Crippen LogP contribution >= 0.6 is 11.3 Å². The van der Waals surface area contributed by atoms with Crippen molar-refractivity contribution in [3.63, 3.8) is 0 Å². The van der Waals surface area contributed by atoms with E-state index in [0.29, 0.717) is 16.6 Å². The third-order valence-electron chi connectivity index (χ3n) is 3.70. The zero-order valence-corrected chi connectivity index (χ0v) is 16.9. The van der Waals surface area contributed by atoms with E-state index in [1.54, 1.807) is 25.3 Å². The van der Waals surface area contributed by atoms with Gasteiger partial charge >= 0.3 is 0 Å². The number of hydrogen-bond acceptors (Lipinski definition) is 6. The Morgan fingerprint density at radius 2 is 1.86 bits per heavy atom. The first-order chi connectivity index (χ1) is 13.4. The number of benzene rings is 1. The molecule has 0 aliphatic carbocycles. The van der Waals surface area contributed by atoms with Gasteiger partial charge in [-0.1, -0.05) is 39.0 Å². The van der Waals surface area contributed by atoms with Crippen LogP contribution in [0.25, 0.3) is 0 Å². The normalized spacial score (nSPS) is 10.4. The van der Waals surface area contributed by atoms with Crippen molar-refractivity contribution >= 4 is 34.2 Å². The molecule has 0 bridgehead atoms. The van der Waals surface area contributed by atoms with Crippen LogP contribution < -0.4 is 20.9 Å². The Morgan fingerprint density at radius 1 is 1.14 bits per heavy atom. The summed E-state index contributed by atoms with van der Waals surface area (Å²) in [5, 5.41) is 4.80. The van der Waals surface area contributed by atoms with E-state index >= 15 is 0 Å². The summed E-state index contributed by atoms with van der Waals surface area (Å²) < 4.78 is 5.49. The number of hydrogen-bond donors (Lipinski definition) is 3. The van der Waals surface area contributed by atoms with Gasteiger partial charge < -0.3 is 10.1 Å². The number of thiazole rings is 1. The van der Waals surface area contributed by atoms with Crippen LogP contribution in [0.4, 0.5) is 5.13 Å². The van der Waals surface area contributed by atoms with Crippen LogP contribution in [0.1, 0.15) is 32.0 Å². The molecule has 2 rings (SSSR count). The van der Waals surface area contributed by atoms with Crippen LogP contribution in [-0.2, 0) is 27.2 Å². The fourth-order valence-corrected chi connectivity index (χ4v) is 2.87. The summed E-state index contributed by atoms with van der Waals surface area (Å²) in [7, 11) is 0. The highest BCUT2D eigenvalue weighted by molar-refractivity contribution is 7.13. The Kier molecular flexibility index (Phi) is 7.94. The molecular weight excluding hydrogens is 380 g/mol. The molecule has 28 heavy (non-hydrogen) atoms. The minimum Gasteiger partial charge on any atom is -0.483 e. The summed E-state index contributed by atoms with van der Waals surface area (Å²) in [6.45, 7) is 5.36. The molecule has 0 atom stereocenters. The first-order valence-corrected chi connectivity index (χ1v) is 9.80. The molecule has 0 unspecified atom stereocenters. The molecule has 3 amide bonds. The number of para-hydroxylation sites is 1. The summed E-state index contributed by atoms with van der Waals surface area (Å²) in [6, 6.07) is 7.47. The van der Waals surface area contributed by atoms with Gasteiger partial charge in [0, 0.05) is 11.3 Å². The van der Waals surface area contributed by atoms with Crippen molar-refractivity contribution in [2.45, 2.75) is 33.6 Å². The molecule has 8 nitrogen and oxygen atoms in total. The van der Waals surface area contributed by atoms with Crippen LogP contribution in [-0.4, -0.2) is 29.3 Å². The molecule has 0 fully saturated rings. The molecule has 150 valence electrons. The first kappa shape index (κ1) is 21.4. The number of anilines is 1. The number of rotatable bonds is 8. The minimum absolute atomic E-state index is 0.0200. The predicted molar refractivity (Wildman–Crippen MR) is 107 cm³/mol. The van der Waals surface area contributed by atoms with E-state index < -0.39 is 11.8 Å². The van der Waals surface area contributed by atoms with E-state index in [1.807, 2.05) is 25.1 Å². The SMILES string of the molecule is CCc1ccccc1OCC(=O)NNC(=O)Cc1csc(NC(=O)C(C)C)n1. The monoisotopic (exact) mass is 404 g/mol. The molecule has 1 aromatic heterocycles. The highest BCUT2D eigenvalue weighted by Crippen LogP contribution is 2.18. The number of ether oxygens (including phenoxy) is 1. The Bertz CT molecular complexity index is 835. The molecule has 0 aliphatic heterocycles. The lowest BCUT2D eigenvalue weighted by Crippen LogP contribution is -2.44. The smallest absolute Gasteiger partial charge is 0.276 e. The van der Waals surface area contributed by atoms with E-state index in [9.17, 15) is 14.4 Å². The lowest BCUT2D eigenvalue weighted by molar-refractivity contribution is -0.129. The standard InChI is InChI=1S/C19H24N4O4S/c1-4-13-7-5-6-8-15(13)27-10-17(25)23-22-16(24)9-14-11-28-19(20-14)21-18(26)12(2)3/h5-8,11-12H,4,9-10H2,1-3H3,(H,22,24)(H,23,25)(H,20,21,26). The number of nitrogens with zero attached hydrogens (tertiary/aromatic N) is 1. The highest BCUT2D eigenvalue weighted by atomic mass is 32.1. The van der Waals surface area contributed by atoms with Crippen molar-refractivity contribution < 1.29 is 19.1 Å². The van der Waals surface area contributed by atoms with E-state index in [4.69, 9.17) is 4.74 Å². The van der Waals surface area contributed by atoms with Gasteiger partial charge in [0.2, 0.25) is 11.8 Å². The molecule has 0 aliphatic rings. The second-order valence-electron chi connectivity index (χ2n) is 6.31. The van der Waals surface area contributed by atoms with Crippen molar-refractivity contribution in [3.05, 3.63) is 40.9 Å². The van der Waals surface area contributed by atoms with Crippen LogP contribution in [0.5, 0.6) is 5.75 Å². The average Bonchev–Trinajstić information content (AvgIpc) is 3.11. The first-order valence-electron chi connectivity index (χ1n) is 8.92. The molecule has 1 aromatic carbocycles. The van der Waals surface area contributed by atoms with Crippen molar-refractivity contribution in [2.24, 2.45) is 5.92 Å². The fourth-order valence-electron chi connectivity index (χ4n) is 2.16. The van der Waals surface area contributed by atoms with Crippen molar-refractivity contribution in [1.82, 2.24) is 15.8 Å². The zero-order chi connectivity index (χ0) is 20.5. The van der Waals surface area contributed by atoms with E-state index in [2.05, 4.69) is 21.2 Å². The van der Waals surface area contributed by atoms with Gasteiger partial charge in [0.15, 0.2) is 11.7 Å². The van der Waals surface area contributed by atoms with Gasteiger partial charge in [-0.15, -0.1) is 11.3 Å². The number of aromatic nitrogens is 1. The number of carbonyl (C=O) groups excluding carboxylic acids is 3. The third kappa shape index (κ3) is 6.66. The Morgan fingerprint density at radius 3 is 2.57 bits per heavy atom.